The van der Waals surface area contributed by atoms with E-state index in [4.69, 9.17) is 16.3 Å². The van der Waals surface area contributed by atoms with Crippen LogP contribution in [0.4, 0.5) is 0 Å². The van der Waals surface area contributed by atoms with Crippen molar-refractivity contribution < 1.29 is 31.0 Å². The molecule has 258 valence electrons. The molecule has 0 spiro atoms. The molecule has 0 aliphatic carbocycles. The number of hydrogen-bond donors (Lipinski definition) is 1. The Labute approximate surface area is 280 Å². The van der Waals surface area contributed by atoms with Crippen LogP contribution in [0.3, 0.4) is 0 Å². The topological polar surface area (TPSA) is 72.8 Å². The van der Waals surface area contributed by atoms with Gasteiger partial charge in [-0.2, -0.15) is 0 Å². The van der Waals surface area contributed by atoms with Crippen LogP contribution in [0.15, 0.2) is 24.3 Å². The summed E-state index contributed by atoms with van der Waals surface area (Å²) in [6.07, 6.45) is 33.5. The van der Waals surface area contributed by atoms with Gasteiger partial charge < -0.3 is 14.6 Å². The molecule has 0 aliphatic rings. The van der Waals surface area contributed by atoms with Crippen molar-refractivity contribution >= 4 is 11.9 Å². The van der Waals surface area contributed by atoms with Crippen LogP contribution in [0.2, 0.25) is 0 Å². The van der Waals surface area contributed by atoms with Crippen molar-refractivity contribution in [3.63, 3.8) is 0 Å². The van der Waals surface area contributed by atoms with Gasteiger partial charge in [-0.3, -0.25) is 9.59 Å². The summed E-state index contributed by atoms with van der Waals surface area (Å²) in [5.74, 6) is -1.97. The van der Waals surface area contributed by atoms with Crippen LogP contribution in [-0.4, -0.2) is 36.2 Å². The second-order valence-corrected chi connectivity index (χ2v) is 12.2. The number of allylic oxidation sites excluding steroid dienone is 4. The molecule has 0 saturated carbocycles. The van der Waals surface area contributed by atoms with Gasteiger partial charge in [-0.05, 0) is 64.2 Å². The number of carbonyl (C=O) groups is 2. The Bertz CT molecular complexity index is 808. The van der Waals surface area contributed by atoms with Gasteiger partial charge in [-0.25, -0.2) is 0 Å². The average Bonchev–Trinajstić information content (AvgIpc) is 3.04. The molecule has 0 unspecified atom stereocenters. The van der Waals surface area contributed by atoms with E-state index in [1.165, 1.54) is 77.0 Å². The minimum atomic E-state index is -3.66. The van der Waals surface area contributed by atoms with Crippen LogP contribution in [-0.2, 0) is 19.1 Å². The lowest BCUT2D eigenvalue weighted by atomic mass is 10.1. The highest BCUT2D eigenvalue weighted by Crippen LogP contribution is 2.12. The number of aliphatic hydroxyl groups is 1. The van der Waals surface area contributed by atoms with Crippen LogP contribution in [0.5, 0.6) is 0 Å². The zero-order valence-electron chi connectivity index (χ0n) is 33.7. The maximum atomic E-state index is 12.3. The molecular weight excluding hydrogens is 548 g/mol. The number of rotatable bonds is 34. The predicted molar refractivity (Wildman–Crippen MR) is 187 cm³/mol. The molecule has 0 heterocycles. The number of esters is 2. The van der Waals surface area contributed by atoms with Crippen molar-refractivity contribution in [3.8, 4) is 0 Å². The third kappa shape index (κ3) is 34.9. The Hall–Kier alpha value is -1.62. The van der Waals surface area contributed by atoms with Crippen LogP contribution in [0, 0.1) is 0 Å². The van der Waals surface area contributed by atoms with Gasteiger partial charge in [-0.15, -0.1) is 0 Å². The lowest BCUT2D eigenvalue weighted by molar-refractivity contribution is -0.152. The molecule has 0 atom stereocenters. The molecule has 0 aliphatic heterocycles. The van der Waals surface area contributed by atoms with Gasteiger partial charge >= 0.3 is 11.9 Å². The minimum absolute atomic E-state index is 0.119. The summed E-state index contributed by atoms with van der Waals surface area (Å²) in [6.45, 7) is -2.41. The average molecular weight is 626 g/mol. The van der Waals surface area contributed by atoms with Gasteiger partial charge in [0.05, 0.1) is 6.85 Å². The quantitative estimate of drug-likeness (QED) is 0.0437. The summed E-state index contributed by atoms with van der Waals surface area (Å²) in [7, 11) is 0. The third-order valence-corrected chi connectivity index (χ3v) is 7.81. The van der Waals surface area contributed by atoms with Crippen LogP contribution < -0.4 is 0 Å². The van der Waals surface area contributed by atoms with Crippen molar-refractivity contribution in [2.24, 2.45) is 0 Å². The molecule has 0 aromatic carbocycles. The second kappa shape index (κ2) is 35.9. The Morgan fingerprint density at radius 1 is 0.523 bits per heavy atom. The first-order chi connectivity index (χ1) is 23.4. The van der Waals surface area contributed by atoms with Crippen LogP contribution >= 0.6 is 0 Å². The second-order valence-electron chi connectivity index (χ2n) is 12.2. The predicted octanol–water partition coefficient (Wildman–Crippen LogP) is 11.5. The third-order valence-electron chi connectivity index (χ3n) is 7.81. The summed E-state index contributed by atoms with van der Waals surface area (Å²) in [6, 6.07) is 0. The van der Waals surface area contributed by atoms with E-state index in [2.05, 4.69) is 38.2 Å². The maximum absolute atomic E-state index is 12.3. The zero-order valence-corrected chi connectivity index (χ0v) is 28.7. The van der Waals surface area contributed by atoms with E-state index in [-0.39, 0.29) is 12.8 Å². The summed E-state index contributed by atoms with van der Waals surface area (Å²) < 4.78 is 49.0. The Morgan fingerprint density at radius 2 is 0.795 bits per heavy atom. The number of unbranched alkanes of at least 4 members (excludes halogenated alkanes) is 22. The van der Waals surface area contributed by atoms with Gasteiger partial charge in [0.2, 0.25) is 0 Å². The van der Waals surface area contributed by atoms with E-state index in [0.29, 0.717) is 12.8 Å². The van der Waals surface area contributed by atoms with Gasteiger partial charge in [0.1, 0.15) is 19.2 Å². The number of carbonyl (C=O) groups excluding carboxylic acids is 2. The summed E-state index contributed by atoms with van der Waals surface area (Å²) >= 11 is 0. The minimum Gasteiger partial charge on any atom is -0.463 e. The fourth-order valence-corrected chi connectivity index (χ4v) is 5.01. The molecule has 44 heavy (non-hydrogen) atoms. The van der Waals surface area contributed by atoms with Gasteiger partial charge in [0.25, 0.3) is 0 Å². The molecular formula is C39H72O5. The van der Waals surface area contributed by atoms with Crippen molar-refractivity contribution in [2.75, 3.05) is 13.1 Å². The fraction of sp³-hybridized carbons (Fsp3) is 0.846. The lowest BCUT2D eigenvalue weighted by Gasteiger charge is -2.12. The van der Waals surface area contributed by atoms with E-state index >= 15 is 0 Å². The van der Waals surface area contributed by atoms with E-state index < -0.39 is 31.1 Å². The highest BCUT2D eigenvalue weighted by atomic mass is 16.6. The molecule has 0 bridgehead atoms. The SMILES string of the molecule is [2H]C([2H])(OC(=O)CCCCCCC/C=C\CCCCCCCC)C([2H])(O)C([2H])([2H])OC(=O)CCCCCCC/C=C\CCCCCCCC. The van der Waals surface area contributed by atoms with Crippen molar-refractivity contribution in [1.29, 1.82) is 0 Å². The summed E-state index contributed by atoms with van der Waals surface area (Å²) in [5.41, 5.74) is 0. The van der Waals surface area contributed by atoms with E-state index in [1.807, 2.05) is 0 Å². The monoisotopic (exact) mass is 626 g/mol. The first kappa shape index (κ1) is 33.7. The van der Waals surface area contributed by atoms with Crippen molar-refractivity contribution in [3.05, 3.63) is 24.3 Å². The molecule has 0 saturated heterocycles. The Balaban J connectivity index is 4.10. The standard InChI is InChI=1S/C39H72O5/c1-3-5-7-9-11-13-15-17-19-21-23-25-27-29-31-33-38(41)43-35-37(40)36-44-39(42)34-32-30-28-26-24-22-20-18-16-14-12-10-8-6-4-2/h17-20,37,40H,3-16,21-36H2,1-2H3/b19-17-,20-18-/i35D2,36D2,37D. The van der Waals surface area contributed by atoms with E-state index in [9.17, 15) is 14.7 Å². The summed E-state index contributed by atoms with van der Waals surface area (Å²) in [5, 5.41) is 10.4. The normalized spacial score (nSPS) is 14.3. The van der Waals surface area contributed by atoms with E-state index in [0.717, 1.165) is 77.0 Å². The van der Waals surface area contributed by atoms with E-state index in [1.54, 1.807) is 0 Å². The molecule has 0 aromatic rings. The number of ether oxygens (including phenoxy) is 2. The first-order valence-corrected chi connectivity index (χ1v) is 18.4. The molecule has 0 rings (SSSR count). The first-order valence-electron chi connectivity index (χ1n) is 20.9. The number of hydrogen-bond acceptors (Lipinski definition) is 5. The Morgan fingerprint density at radius 3 is 1.11 bits per heavy atom. The molecule has 0 aromatic heterocycles. The zero-order chi connectivity index (χ0) is 36.7. The summed E-state index contributed by atoms with van der Waals surface area (Å²) in [4.78, 5) is 24.5. The lowest BCUT2D eigenvalue weighted by Crippen LogP contribution is -2.25. The smallest absolute Gasteiger partial charge is 0.305 e. The molecule has 5 heteroatoms. The maximum Gasteiger partial charge on any atom is 0.305 e. The molecule has 0 amide bonds. The largest absolute Gasteiger partial charge is 0.463 e. The fourth-order valence-electron chi connectivity index (χ4n) is 5.01. The van der Waals surface area contributed by atoms with Crippen LogP contribution in [0.25, 0.3) is 0 Å². The van der Waals surface area contributed by atoms with Crippen LogP contribution in [0.1, 0.15) is 200 Å². The highest BCUT2D eigenvalue weighted by Gasteiger charge is 2.12. The molecule has 0 fully saturated rings. The Kier molecular flexibility index (Phi) is 27.5. The van der Waals surface area contributed by atoms with Gasteiger partial charge in [0, 0.05) is 12.8 Å². The molecule has 0 radical (unpaired) electrons. The highest BCUT2D eigenvalue weighted by molar-refractivity contribution is 5.69. The van der Waals surface area contributed by atoms with Gasteiger partial charge in [0.15, 0.2) is 0 Å². The van der Waals surface area contributed by atoms with Crippen molar-refractivity contribution in [1.82, 2.24) is 0 Å². The molecule has 5 nitrogen and oxygen atoms in total. The van der Waals surface area contributed by atoms with Crippen molar-refractivity contribution in [2.45, 2.75) is 200 Å². The van der Waals surface area contributed by atoms with Gasteiger partial charge in [-0.1, -0.05) is 141 Å². The molecule has 1 N–H and O–H groups in total.